The van der Waals surface area contributed by atoms with Gasteiger partial charge in [-0.25, -0.2) is 14.8 Å². The van der Waals surface area contributed by atoms with Crippen molar-refractivity contribution in [3.8, 4) is 16.9 Å². The van der Waals surface area contributed by atoms with Crippen molar-refractivity contribution in [1.29, 1.82) is 0 Å². The number of rotatable bonds is 5. The predicted octanol–water partition coefficient (Wildman–Crippen LogP) is 3.42. The van der Waals surface area contributed by atoms with Gasteiger partial charge in [-0.1, -0.05) is 36.4 Å². The number of nitrogens with zero attached hydrogens (tertiary/aromatic N) is 2. The van der Waals surface area contributed by atoms with Crippen LogP contribution in [0.4, 0.5) is 0 Å². The third-order valence-electron chi connectivity index (χ3n) is 3.34. The zero-order chi connectivity index (χ0) is 16.1. The van der Waals surface area contributed by atoms with Gasteiger partial charge in [-0.15, -0.1) is 0 Å². The molecule has 0 aliphatic rings. The van der Waals surface area contributed by atoms with E-state index in [1.807, 2.05) is 30.3 Å². The molecule has 1 heterocycles. The van der Waals surface area contributed by atoms with E-state index < -0.39 is 5.97 Å². The third kappa shape index (κ3) is 3.52. The van der Waals surface area contributed by atoms with E-state index in [-0.39, 0.29) is 5.56 Å². The standard InChI is InChI=1S/C18H14N2O3/c21-18(22)16-7-6-14(15-9-19-12-20-10-15)8-17(16)23-11-13-4-2-1-3-5-13/h1-10,12H,11H2,(H,21,22). The fraction of sp³-hybridized carbons (Fsp3) is 0.0556. The molecule has 0 radical (unpaired) electrons. The van der Waals surface area contributed by atoms with E-state index in [9.17, 15) is 9.90 Å². The van der Waals surface area contributed by atoms with E-state index in [0.29, 0.717) is 12.4 Å². The second kappa shape index (κ2) is 6.70. The van der Waals surface area contributed by atoms with Crippen molar-refractivity contribution in [2.24, 2.45) is 0 Å². The molecule has 0 saturated carbocycles. The van der Waals surface area contributed by atoms with Crippen LogP contribution in [0.2, 0.25) is 0 Å². The van der Waals surface area contributed by atoms with Gasteiger partial charge in [-0.3, -0.25) is 0 Å². The van der Waals surface area contributed by atoms with Crippen molar-refractivity contribution in [3.63, 3.8) is 0 Å². The maximum absolute atomic E-state index is 11.4. The first-order valence-corrected chi connectivity index (χ1v) is 7.03. The molecule has 0 fully saturated rings. The van der Waals surface area contributed by atoms with Gasteiger partial charge in [0.25, 0.3) is 0 Å². The monoisotopic (exact) mass is 306 g/mol. The van der Waals surface area contributed by atoms with Crippen LogP contribution in [-0.2, 0) is 6.61 Å². The average molecular weight is 306 g/mol. The van der Waals surface area contributed by atoms with Gasteiger partial charge < -0.3 is 9.84 Å². The molecule has 0 atom stereocenters. The largest absolute Gasteiger partial charge is 0.488 e. The Bertz CT molecular complexity index is 805. The summed E-state index contributed by atoms with van der Waals surface area (Å²) in [6.45, 7) is 0.301. The Hall–Kier alpha value is -3.21. The Balaban J connectivity index is 1.91. The second-order valence-electron chi connectivity index (χ2n) is 4.92. The number of carbonyl (C=O) groups is 1. The normalized spacial score (nSPS) is 10.3. The van der Waals surface area contributed by atoms with Gasteiger partial charge in [0.1, 0.15) is 24.2 Å². The van der Waals surface area contributed by atoms with Crippen molar-refractivity contribution >= 4 is 5.97 Å². The molecule has 2 aromatic carbocycles. The van der Waals surface area contributed by atoms with Gasteiger partial charge in [0.05, 0.1) is 0 Å². The number of hydrogen-bond acceptors (Lipinski definition) is 4. The van der Waals surface area contributed by atoms with Crippen LogP contribution >= 0.6 is 0 Å². The molecule has 1 aromatic heterocycles. The predicted molar refractivity (Wildman–Crippen MR) is 85.2 cm³/mol. The van der Waals surface area contributed by atoms with Crippen LogP contribution in [0.3, 0.4) is 0 Å². The molecule has 23 heavy (non-hydrogen) atoms. The molecule has 0 saturated heterocycles. The van der Waals surface area contributed by atoms with Crippen LogP contribution in [0.1, 0.15) is 15.9 Å². The summed E-state index contributed by atoms with van der Waals surface area (Å²) in [6, 6.07) is 14.5. The Labute approximate surface area is 133 Å². The molecule has 0 aliphatic carbocycles. The highest BCUT2D eigenvalue weighted by molar-refractivity contribution is 5.91. The van der Waals surface area contributed by atoms with Gasteiger partial charge in [0.2, 0.25) is 0 Å². The number of aromatic carboxylic acids is 1. The van der Waals surface area contributed by atoms with Crippen LogP contribution in [0.25, 0.3) is 11.1 Å². The average Bonchev–Trinajstić information content (AvgIpc) is 2.61. The number of ether oxygens (including phenoxy) is 1. The van der Waals surface area contributed by atoms with E-state index in [2.05, 4.69) is 9.97 Å². The molecule has 0 spiro atoms. The molecule has 1 N–H and O–H groups in total. The van der Waals surface area contributed by atoms with E-state index in [0.717, 1.165) is 16.7 Å². The molecule has 5 heteroatoms. The first-order chi connectivity index (χ1) is 11.2. The quantitative estimate of drug-likeness (QED) is 0.782. The number of hydrogen-bond donors (Lipinski definition) is 1. The summed E-state index contributed by atoms with van der Waals surface area (Å²) in [5, 5.41) is 9.32. The van der Waals surface area contributed by atoms with Crippen molar-refractivity contribution in [3.05, 3.63) is 78.4 Å². The van der Waals surface area contributed by atoms with Crippen LogP contribution in [0, 0.1) is 0 Å². The van der Waals surface area contributed by atoms with E-state index in [1.165, 1.54) is 12.4 Å². The van der Waals surface area contributed by atoms with E-state index in [1.54, 1.807) is 24.5 Å². The molecule has 3 aromatic rings. The molecule has 0 amide bonds. The Morgan fingerprint density at radius 1 is 1.00 bits per heavy atom. The SMILES string of the molecule is O=C(O)c1ccc(-c2cncnc2)cc1OCc1ccccc1. The Morgan fingerprint density at radius 3 is 2.43 bits per heavy atom. The topological polar surface area (TPSA) is 72.3 Å². The Kier molecular flexibility index (Phi) is 4.29. The smallest absolute Gasteiger partial charge is 0.339 e. The second-order valence-corrected chi connectivity index (χ2v) is 4.92. The zero-order valence-corrected chi connectivity index (χ0v) is 12.2. The molecule has 114 valence electrons. The van der Waals surface area contributed by atoms with E-state index in [4.69, 9.17) is 4.74 Å². The van der Waals surface area contributed by atoms with Gasteiger partial charge in [0, 0.05) is 18.0 Å². The lowest BCUT2D eigenvalue weighted by atomic mass is 10.1. The summed E-state index contributed by atoms with van der Waals surface area (Å²) in [5.74, 6) is -0.702. The summed E-state index contributed by atoms with van der Waals surface area (Å²) >= 11 is 0. The number of carboxylic acids is 1. The van der Waals surface area contributed by atoms with Crippen molar-refractivity contribution < 1.29 is 14.6 Å². The highest BCUT2D eigenvalue weighted by Crippen LogP contribution is 2.27. The van der Waals surface area contributed by atoms with Crippen LogP contribution < -0.4 is 4.74 Å². The molecular formula is C18H14N2O3. The number of carboxylic acid groups (broad SMARTS) is 1. The lowest BCUT2D eigenvalue weighted by Crippen LogP contribution is -2.03. The number of aromatic nitrogens is 2. The van der Waals surface area contributed by atoms with Crippen LogP contribution in [0.15, 0.2) is 67.3 Å². The van der Waals surface area contributed by atoms with Crippen molar-refractivity contribution in [2.75, 3.05) is 0 Å². The maximum Gasteiger partial charge on any atom is 0.339 e. The minimum Gasteiger partial charge on any atom is -0.488 e. The van der Waals surface area contributed by atoms with Crippen LogP contribution in [-0.4, -0.2) is 21.0 Å². The molecule has 5 nitrogen and oxygen atoms in total. The van der Waals surface area contributed by atoms with Crippen molar-refractivity contribution in [1.82, 2.24) is 9.97 Å². The first-order valence-electron chi connectivity index (χ1n) is 7.03. The zero-order valence-electron chi connectivity index (χ0n) is 12.2. The van der Waals surface area contributed by atoms with E-state index >= 15 is 0 Å². The maximum atomic E-state index is 11.4. The molecule has 0 aliphatic heterocycles. The molecule has 3 rings (SSSR count). The lowest BCUT2D eigenvalue weighted by Gasteiger charge is -2.11. The summed E-state index contributed by atoms with van der Waals surface area (Å²) in [7, 11) is 0. The Morgan fingerprint density at radius 2 is 1.74 bits per heavy atom. The summed E-state index contributed by atoms with van der Waals surface area (Å²) in [4.78, 5) is 19.3. The van der Waals surface area contributed by atoms with Gasteiger partial charge in [-0.05, 0) is 23.3 Å². The van der Waals surface area contributed by atoms with Crippen molar-refractivity contribution in [2.45, 2.75) is 6.61 Å². The van der Waals surface area contributed by atoms with Gasteiger partial charge in [-0.2, -0.15) is 0 Å². The van der Waals surface area contributed by atoms with Crippen LogP contribution in [0.5, 0.6) is 5.75 Å². The summed E-state index contributed by atoms with van der Waals surface area (Å²) < 4.78 is 5.73. The highest BCUT2D eigenvalue weighted by atomic mass is 16.5. The fourth-order valence-corrected chi connectivity index (χ4v) is 2.18. The lowest BCUT2D eigenvalue weighted by molar-refractivity contribution is 0.0692. The molecular weight excluding hydrogens is 292 g/mol. The van der Waals surface area contributed by atoms with Gasteiger partial charge in [0.15, 0.2) is 0 Å². The van der Waals surface area contributed by atoms with Gasteiger partial charge >= 0.3 is 5.97 Å². The summed E-state index contributed by atoms with van der Waals surface area (Å²) in [5.41, 5.74) is 2.70. The third-order valence-corrected chi connectivity index (χ3v) is 3.34. The summed E-state index contributed by atoms with van der Waals surface area (Å²) in [6.07, 6.45) is 4.79. The molecule has 0 unspecified atom stereocenters. The number of benzene rings is 2. The fourth-order valence-electron chi connectivity index (χ4n) is 2.18. The molecule has 0 bridgehead atoms. The highest BCUT2D eigenvalue weighted by Gasteiger charge is 2.13. The minimum absolute atomic E-state index is 0.126. The first kappa shape index (κ1) is 14.7. The minimum atomic E-state index is -1.02.